The molecule has 0 aromatic rings. The number of aliphatic hydroxyl groups is 2. The molecule has 1 unspecified atom stereocenters. The van der Waals surface area contributed by atoms with Crippen molar-refractivity contribution in [2.24, 2.45) is 0 Å². The van der Waals surface area contributed by atoms with Crippen LogP contribution in [-0.4, -0.2) is 67.0 Å². The highest BCUT2D eigenvalue weighted by molar-refractivity contribution is 5.75. The van der Waals surface area contributed by atoms with E-state index in [4.69, 9.17) is 5.11 Å². The Hall–Kier alpha value is -0.910. The van der Waals surface area contributed by atoms with Crippen molar-refractivity contribution >= 4 is 5.91 Å². The van der Waals surface area contributed by atoms with Crippen LogP contribution in [0.3, 0.4) is 0 Å². The van der Waals surface area contributed by atoms with E-state index in [1.165, 1.54) is 70.6 Å². The number of likely N-dealkylation sites (N-methyl/N-ethyl adjacent to an activating group) is 1. The summed E-state index contributed by atoms with van der Waals surface area (Å²) in [5, 5.41) is 21.5. The Labute approximate surface area is 192 Å². The quantitative estimate of drug-likeness (QED) is 0.126. The number of unbranched alkanes of at least 4 members (excludes halogenated alkanes) is 11. The molecule has 0 saturated heterocycles. The van der Waals surface area contributed by atoms with Gasteiger partial charge >= 0.3 is 0 Å². The fourth-order valence-corrected chi connectivity index (χ4v) is 3.90. The van der Waals surface area contributed by atoms with Crippen LogP contribution in [0.1, 0.15) is 103 Å². The second-order valence-electron chi connectivity index (χ2n) is 9.72. The third kappa shape index (κ3) is 22.1. The minimum Gasteiger partial charge on any atom is -0.393 e. The monoisotopic (exact) mass is 441 g/mol. The van der Waals surface area contributed by atoms with Gasteiger partial charge < -0.3 is 20.0 Å². The van der Waals surface area contributed by atoms with E-state index in [-0.39, 0.29) is 12.5 Å². The number of carbonyl (C=O) groups excluding carboxylic acids is 1. The molecule has 0 aromatic carbocycles. The number of aliphatic hydroxyl groups excluding tert-OH is 2. The highest BCUT2D eigenvalue weighted by atomic mass is 16.3. The summed E-state index contributed by atoms with van der Waals surface area (Å²) in [7, 11) is 4.07. The maximum Gasteiger partial charge on any atom is 0.219 e. The van der Waals surface area contributed by atoms with Gasteiger partial charge in [-0.05, 0) is 32.1 Å². The molecule has 0 radical (unpaired) electrons. The summed E-state index contributed by atoms with van der Waals surface area (Å²) in [6, 6.07) is 0. The number of nitrogens with zero attached hydrogens (tertiary/aromatic N) is 1. The number of amides is 1. The molecule has 0 spiro atoms. The van der Waals surface area contributed by atoms with Gasteiger partial charge in [0.2, 0.25) is 5.91 Å². The van der Waals surface area contributed by atoms with Crippen molar-refractivity contribution in [2.75, 3.05) is 40.3 Å². The molecule has 5 heteroatoms. The van der Waals surface area contributed by atoms with E-state index in [9.17, 15) is 9.90 Å². The molecule has 0 saturated carbocycles. The lowest BCUT2D eigenvalue weighted by Crippen LogP contribution is -2.47. The highest BCUT2D eigenvalue weighted by Gasteiger charge is 2.19. The van der Waals surface area contributed by atoms with Crippen molar-refractivity contribution in [2.45, 2.75) is 109 Å². The molecule has 0 rings (SSSR count). The number of hydrogen-bond donors (Lipinski definition) is 3. The fraction of sp³-hybridized carbons (Fsp3) is 0.885. The average molecular weight is 442 g/mol. The molecule has 0 aliphatic heterocycles. The van der Waals surface area contributed by atoms with Gasteiger partial charge in [0.15, 0.2) is 0 Å². The van der Waals surface area contributed by atoms with Crippen molar-refractivity contribution in [3.8, 4) is 0 Å². The summed E-state index contributed by atoms with van der Waals surface area (Å²) in [4.78, 5) is 11.9. The first-order valence-corrected chi connectivity index (χ1v) is 12.9. The number of quaternary nitrogens is 1. The van der Waals surface area contributed by atoms with Crippen molar-refractivity contribution in [1.82, 2.24) is 5.32 Å². The van der Waals surface area contributed by atoms with E-state index in [0.29, 0.717) is 24.0 Å². The second-order valence-corrected chi connectivity index (χ2v) is 9.72. The maximum atomic E-state index is 11.9. The third-order valence-electron chi connectivity index (χ3n) is 5.84. The van der Waals surface area contributed by atoms with Crippen molar-refractivity contribution in [3.05, 3.63) is 12.2 Å². The molecular weight excluding hydrogens is 388 g/mol. The zero-order valence-electron chi connectivity index (χ0n) is 20.9. The van der Waals surface area contributed by atoms with E-state index in [2.05, 4.69) is 24.4 Å². The maximum absolute atomic E-state index is 11.9. The normalized spacial score (nSPS) is 13.1. The summed E-state index contributed by atoms with van der Waals surface area (Å²) in [6.07, 6.45) is 22.1. The Morgan fingerprint density at radius 2 is 1.42 bits per heavy atom. The zero-order valence-corrected chi connectivity index (χ0v) is 20.9. The van der Waals surface area contributed by atoms with Crippen LogP contribution in [0.15, 0.2) is 12.2 Å². The van der Waals surface area contributed by atoms with Crippen LogP contribution < -0.4 is 5.32 Å². The van der Waals surface area contributed by atoms with Crippen LogP contribution in [0.2, 0.25) is 0 Å². The van der Waals surface area contributed by atoms with Gasteiger partial charge in [0.25, 0.3) is 0 Å². The number of rotatable bonds is 22. The van der Waals surface area contributed by atoms with Crippen LogP contribution in [0, 0.1) is 0 Å². The first kappa shape index (κ1) is 30.1. The summed E-state index contributed by atoms with van der Waals surface area (Å²) in [5.41, 5.74) is 0. The summed E-state index contributed by atoms with van der Waals surface area (Å²) < 4.78 is 0.645. The molecule has 184 valence electrons. The molecule has 0 heterocycles. The van der Waals surface area contributed by atoms with Gasteiger partial charge in [0.05, 0.1) is 27.2 Å². The molecule has 1 amide bonds. The van der Waals surface area contributed by atoms with Crippen LogP contribution in [0.5, 0.6) is 0 Å². The topological polar surface area (TPSA) is 69.6 Å². The van der Waals surface area contributed by atoms with E-state index in [0.717, 1.165) is 25.8 Å². The minimum atomic E-state index is -0.675. The molecule has 3 N–H and O–H groups in total. The minimum absolute atomic E-state index is 0.151. The van der Waals surface area contributed by atoms with E-state index in [1.807, 2.05) is 14.1 Å². The van der Waals surface area contributed by atoms with E-state index in [1.54, 1.807) is 0 Å². The number of carbonyl (C=O) groups is 1. The number of hydrogen-bond acceptors (Lipinski definition) is 3. The van der Waals surface area contributed by atoms with Crippen molar-refractivity contribution < 1.29 is 19.5 Å². The molecular formula is C26H53N2O3+. The largest absolute Gasteiger partial charge is 0.393 e. The van der Waals surface area contributed by atoms with Crippen LogP contribution in [0.25, 0.3) is 0 Å². The lowest BCUT2D eigenvalue weighted by Gasteiger charge is -2.31. The molecule has 0 bridgehead atoms. The van der Waals surface area contributed by atoms with Crippen LogP contribution in [0.4, 0.5) is 0 Å². The SMILES string of the molecule is CCCCCCCCC=CCCCCCCCC(=O)NCCC[N+](C)(C)CC(O)CO. The Bertz CT molecular complexity index is 438. The standard InChI is InChI=1S/C26H52N2O3/c1-4-5-6-7-8-9-10-11-12-13-14-15-16-17-18-20-26(31)27-21-19-22-28(2,3)23-25(30)24-29/h11-12,25,29-30H,4-10,13-24H2,1-3H3/p+1. The van der Waals surface area contributed by atoms with Gasteiger partial charge in [0.1, 0.15) is 12.6 Å². The predicted molar refractivity (Wildman–Crippen MR) is 132 cm³/mol. The second kappa shape index (κ2) is 21.0. The van der Waals surface area contributed by atoms with Crippen molar-refractivity contribution in [3.63, 3.8) is 0 Å². The molecule has 0 aliphatic rings. The summed E-state index contributed by atoms with van der Waals surface area (Å²) in [6.45, 7) is 4.14. The van der Waals surface area contributed by atoms with Gasteiger partial charge in [-0.2, -0.15) is 0 Å². The Kier molecular flexibility index (Phi) is 20.3. The summed E-state index contributed by atoms with van der Waals surface area (Å²) >= 11 is 0. The van der Waals surface area contributed by atoms with Crippen molar-refractivity contribution in [1.29, 1.82) is 0 Å². The smallest absolute Gasteiger partial charge is 0.219 e. The zero-order chi connectivity index (χ0) is 23.2. The van der Waals surface area contributed by atoms with Gasteiger partial charge in [-0.3, -0.25) is 4.79 Å². The van der Waals surface area contributed by atoms with Gasteiger partial charge in [-0.1, -0.05) is 70.4 Å². The first-order chi connectivity index (χ1) is 14.9. The Morgan fingerprint density at radius 1 is 0.871 bits per heavy atom. The van der Waals surface area contributed by atoms with Gasteiger partial charge in [-0.25, -0.2) is 0 Å². The molecule has 31 heavy (non-hydrogen) atoms. The Balaban J connectivity index is 3.42. The van der Waals surface area contributed by atoms with Crippen LogP contribution in [-0.2, 0) is 4.79 Å². The Morgan fingerprint density at radius 3 is 2.00 bits per heavy atom. The number of nitrogens with one attached hydrogen (secondary N) is 1. The highest BCUT2D eigenvalue weighted by Crippen LogP contribution is 2.10. The first-order valence-electron chi connectivity index (χ1n) is 12.9. The van der Waals surface area contributed by atoms with Crippen LogP contribution >= 0.6 is 0 Å². The van der Waals surface area contributed by atoms with Gasteiger partial charge in [-0.15, -0.1) is 0 Å². The molecule has 5 nitrogen and oxygen atoms in total. The van der Waals surface area contributed by atoms with E-state index >= 15 is 0 Å². The number of allylic oxidation sites excluding steroid dienone is 2. The average Bonchev–Trinajstić information content (AvgIpc) is 2.73. The lowest BCUT2D eigenvalue weighted by atomic mass is 10.1. The fourth-order valence-electron chi connectivity index (χ4n) is 3.90. The summed E-state index contributed by atoms with van der Waals surface area (Å²) in [5.74, 6) is 0.151. The van der Waals surface area contributed by atoms with Gasteiger partial charge in [0, 0.05) is 19.4 Å². The van der Waals surface area contributed by atoms with E-state index < -0.39 is 6.10 Å². The third-order valence-corrected chi connectivity index (χ3v) is 5.84. The predicted octanol–water partition coefficient (Wildman–Crippen LogP) is 4.96. The lowest BCUT2D eigenvalue weighted by molar-refractivity contribution is -0.893. The molecule has 0 aromatic heterocycles. The molecule has 0 fully saturated rings. The molecule has 1 atom stereocenters. The molecule has 0 aliphatic carbocycles.